The summed E-state index contributed by atoms with van der Waals surface area (Å²) in [5.74, 6) is -0.409. The Balaban J connectivity index is 2.79. The topological polar surface area (TPSA) is 125 Å². The predicted molar refractivity (Wildman–Crippen MR) is 65.1 cm³/mol. The van der Waals surface area contributed by atoms with Gasteiger partial charge in [-0.15, -0.1) is 0 Å². The Kier molecular flexibility index (Phi) is 4.62. The van der Waals surface area contributed by atoms with Crippen LogP contribution in [0.4, 0.5) is 0 Å². The van der Waals surface area contributed by atoms with Crippen LogP contribution in [0.25, 0.3) is 0 Å². The van der Waals surface area contributed by atoms with E-state index in [4.69, 9.17) is 0 Å². The zero-order chi connectivity index (χ0) is 13.8. The highest BCUT2D eigenvalue weighted by atomic mass is 32.2. The van der Waals surface area contributed by atoms with E-state index in [0.717, 1.165) is 12.3 Å². The Hall–Kier alpha value is -1.23. The molecule has 0 spiro atoms. The maximum Gasteiger partial charge on any atom is 0.245 e. The van der Waals surface area contributed by atoms with Gasteiger partial charge in [0.05, 0.1) is 5.75 Å². The third-order valence-corrected chi connectivity index (χ3v) is 4.90. The first-order chi connectivity index (χ1) is 8.28. The minimum absolute atomic E-state index is 0.320. The molecule has 1 aromatic rings. The first-order valence-corrected chi connectivity index (χ1v) is 8.00. The van der Waals surface area contributed by atoms with Crippen molar-refractivity contribution in [1.29, 1.82) is 0 Å². The minimum atomic E-state index is -4.01. The molecule has 0 aliphatic rings. The number of pyridine rings is 1. The van der Waals surface area contributed by atoms with Crippen molar-refractivity contribution in [2.75, 3.05) is 19.3 Å². The van der Waals surface area contributed by atoms with Crippen LogP contribution in [0, 0.1) is 0 Å². The van der Waals surface area contributed by atoms with E-state index in [0.29, 0.717) is 0 Å². The molecule has 0 amide bonds. The van der Waals surface area contributed by atoms with Gasteiger partial charge in [-0.05, 0) is 7.05 Å². The molecule has 0 saturated carbocycles. The number of aromatic amines is 1. The first kappa shape index (κ1) is 14.8. The lowest BCUT2D eigenvalue weighted by molar-refractivity contribution is 0.578. The molecular formula is C8H13N3O5S2. The lowest BCUT2D eigenvalue weighted by Gasteiger charge is -2.06. The zero-order valence-corrected chi connectivity index (χ0v) is 11.1. The highest BCUT2D eigenvalue weighted by Gasteiger charge is 2.18. The van der Waals surface area contributed by atoms with Crippen molar-refractivity contribution in [3.8, 4) is 0 Å². The van der Waals surface area contributed by atoms with E-state index < -0.39 is 36.1 Å². The molecule has 1 heterocycles. The average molecular weight is 295 g/mol. The van der Waals surface area contributed by atoms with E-state index in [2.05, 4.69) is 4.98 Å². The number of rotatable bonds is 6. The van der Waals surface area contributed by atoms with Gasteiger partial charge in [-0.1, -0.05) is 0 Å². The maximum absolute atomic E-state index is 11.7. The van der Waals surface area contributed by atoms with Gasteiger partial charge in [0.15, 0.2) is 0 Å². The van der Waals surface area contributed by atoms with Gasteiger partial charge in [-0.2, -0.15) is 0 Å². The number of H-pyrrole nitrogens is 1. The van der Waals surface area contributed by atoms with Gasteiger partial charge in [-0.25, -0.2) is 26.3 Å². The Labute approximate surface area is 105 Å². The average Bonchev–Trinajstić information content (AvgIpc) is 2.29. The normalized spacial score (nSPS) is 12.5. The van der Waals surface area contributed by atoms with Crippen LogP contribution in [-0.2, 0) is 20.0 Å². The molecule has 8 nitrogen and oxygen atoms in total. The third-order valence-electron chi connectivity index (χ3n) is 2.05. The summed E-state index contributed by atoms with van der Waals surface area (Å²) < 4.78 is 49.6. The monoisotopic (exact) mass is 295 g/mol. The number of aromatic nitrogens is 1. The molecule has 3 N–H and O–H groups in total. The van der Waals surface area contributed by atoms with Crippen molar-refractivity contribution >= 4 is 20.0 Å². The second-order valence-electron chi connectivity index (χ2n) is 3.29. The van der Waals surface area contributed by atoms with Gasteiger partial charge in [0.2, 0.25) is 25.5 Å². The molecule has 0 bridgehead atoms. The summed E-state index contributed by atoms with van der Waals surface area (Å²) in [6.07, 6.45) is 2.34. The van der Waals surface area contributed by atoms with E-state index in [1.165, 1.54) is 13.2 Å². The van der Waals surface area contributed by atoms with Gasteiger partial charge in [0.1, 0.15) is 4.90 Å². The lowest BCUT2D eigenvalue weighted by Crippen LogP contribution is -2.34. The van der Waals surface area contributed by atoms with Crippen LogP contribution in [0.2, 0.25) is 0 Å². The summed E-state index contributed by atoms with van der Waals surface area (Å²) >= 11 is 0. The molecule has 18 heavy (non-hydrogen) atoms. The number of sulfonamides is 2. The fourth-order valence-corrected chi connectivity index (χ4v) is 2.89. The fourth-order valence-electron chi connectivity index (χ4n) is 1.10. The SMILES string of the molecule is CNS(=O)(=O)CCNS(=O)(=O)c1c[nH]ccc1=O. The summed E-state index contributed by atoms with van der Waals surface area (Å²) in [6, 6.07) is 1.07. The van der Waals surface area contributed by atoms with Crippen molar-refractivity contribution in [2.24, 2.45) is 0 Å². The lowest BCUT2D eigenvalue weighted by atomic mass is 10.5. The Morgan fingerprint density at radius 3 is 2.50 bits per heavy atom. The maximum atomic E-state index is 11.7. The van der Waals surface area contributed by atoms with Crippen molar-refractivity contribution in [2.45, 2.75) is 4.90 Å². The first-order valence-electron chi connectivity index (χ1n) is 4.86. The Morgan fingerprint density at radius 2 is 1.94 bits per heavy atom. The van der Waals surface area contributed by atoms with Crippen LogP contribution in [0.15, 0.2) is 28.2 Å². The molecule has 0 aromatic carbocycles. The number of nitrogens with one attached hydrogen (secondary N) is 3. The summed E-state index contributed by atoms with van der Waals surface area (Å²) in [6.45, 7) is -0.320. The molecule has 0 aliphatic carbocycles. The van der Waals surface area contributed by atoms with Gasteiger partial charge < -0.3 is 4.98 Å². The zero-order valence-electron chi connectivity index (χ0n) is 9.50. The second-order valence-corrected chi connectivity index (χ2v) is 7.07. The van der Waals surface area contributed by atoms with Gasteiger partial charge >= 0.3 is 0 Å². The van der Waals surface area contributed by atoms with Crippen LogP contribution in [-0.4, -0.2) is 41.2 Å². The van der Waals surface area contributed by atoms with Crippen molar-refractivity contribution in [3.63, 3.8) is 0 Å². The molecular weight excluding hydrogens is 282 g/mol. The largest absolute Gasteiger partial charge is 0.366 e. The van der Waals surface area contributed by atoms with E-state index >= 15 is 0 Å². The molecule has 1 aromatic heterocycles. The summed E-state index contributed by atoms with van der Waals surface area (Å²) in [7, 11) is -6.28. The van der Waals surface area contributed by atoms with Crippen molar-refractivity contribution < 1.29 is 16.8 Å². The number of hydrogen-bond acceptors (Lipinski definition) is 5. The van der Waals surface area contributed by atoms with Crippen molar-refractivity contribution in [1.82, 2.24) is 14.4 Å². The molecule has 10 heteroatoms. The van der Waals surface area contributed by atoms with E-state index in [9.17, 15) is 21.6 Å². The molecule has 0 fully saturated rings. The smallest absolute Gasteiger partial charge is 0.245 e. The van der Waals surface area contributed by atoms with Crippen LogP contribution < -0.4 is 14.9 Å². The predicted octanol–water partition coefficient (Wildman–Crippen LogP) is -1.80. The van der Waals surface area contributed by atoms with Gasteiger partial charge in [0.25, 0.3) is 0 Å². The highest BCUT2D eigenvalue weighted by molar-refractivity contribution is 7.90. The Morgan fingerprint density at radius 1 is 1.28 bits per heavy atom. The molecule has 0 atom stereocenters. The van der Waals surface area contributed by atoms with Crippen molar-refractivity contribution in [3.05, 3.63) is 28.7 Å². The van der Waals surface area contributed by atoms with Crippen LogP contribution in [0.1, 0.15) is 0 Å². The molecule has 0 aliphatic heterocycles. The summed E-state index contributed by atoms with van der Waals surface area (Å²) in [4.78, 5) is 13.3. The molecule has 102 valence electrons. The quantitative estimate of drug-likeness (QED) is 0.571. The van der Waals surface area contributed by atoms with Gasteiger partial charge in [0, 0.05) is 25.0 Å². The molecule has 0 radical (unpaired) electrons. The Bertz CT molecular complexity index is 662. The molecule has 1 rings (SSSR count). The van der Waals surface area contributed by atoms with E-state index in [1.807, 2.05) is 9.44 Å². The summed E-state index contributed by atoms with van der Waals surface area (Å²) in [5.41, 5.74) is -0.669. The van der Waals surface area contributed by atoms with Crippen LogP contribution in [0.3, 0.4) is 0 Å². The minimum Gasteiger partial charge on any atom is -0.366 e. The van der Waals surface area contributed by atoms with Gasteiger partial charge in [-0.3, -0.25) is 4.79 Å². The number of hydrogen-bond donors (Lipinski definition) is 3. The van der Waals surface area contributed by atoms with E-state index in [1.54, 1.807) is 0 Å². The summed E-state index contributed by atoms with van der Waals surface area (Å²) in [5, 5.41) is 0. The molecule has 0 unspecified atom stereocenters. The molecule has 0 saturated heterocycles. The van der Waals surface area contributed by atoms with Crippen LogP contribution >= 0.6 is 0 Å². The van der Waals surface area contributed by atoms with Crippen LogP contribution in [0.5, 0.6) is 0 Å². The third kappa shape index (κ3) is 3.91. The van der Waals surface area contributed by atoms with E-state index in [-0.39, 0.29) is 6.54 Å². The fraction of sp³-hybridized carbons (Fsp3) is 0.375. The highest BCUT2D eigenvalue weighted by Crippen LogP contribution is 1.99. The second kappa shape index (κ2) is 5.61. The standard InChI is InChI=1S/C8H13N3O5S2/c1-9-17(13,14)5-4-11-18(15,16)8-6-10-3-2-7(8)12/h2-3,6,9,11H,4-5H2,1H3,(H,10,12).